The van der Waals surface area contributed by atoms with E-state index in [0.717, 1.165) is 18.6 Å². The number of hydrogen-bond acceptors (Lipinski definition) is 4. The highest BCUT2D eigenvalue weighted by atomic mass is 32.1. The molecule has 3 rings (SSSR count). The van der Waals surface area contributed by atoms with Crippen LogP contribution in [-0.4, -0.2) is 31.2 Å². The summed E-state index contributed by atoms with van der Waals surface area (Å²) in [5, 5.41) is 4.48. The Balaban J connectivity index is 1.84. The maximum atomic E-state index is 4.82. The average molecular weight is 275 g/mol. The van der Waals surface area contributed by atoms with E-state index < -0.39 is 0 Å². The lowest BCUT2D eigenvalue weighted by molar-refractivity contribution is 0.433. The zero-order valence-electron chi connectivity index (χ0n) is 11.4. The molecule has 2 heterocycles. The standard InChI is InChI=1S/C15H21N3S/c1-16-10-9-12-6-4-5-11-18(12)15-17-13-7-2-3-8-14(13)19-15/h2-3,7-8,12,16H,4-6,9-11H2,1H3. The highest BCUT2D eigenvalue weighted by molar-refractivity contribution is 7.22. The van der Waals surface area contributed by atoms with Crippen LogP contribution < -0.4 is 10.2 Å². The van der Waals surface area contributed by atoms with E-state index in [1.807, 2.05) is 18.4 Å². The van der Waals surface area contributed by atoms with Crippen molar-refractivity contribution in [3.8, 4) is 0 Å². The molecule has 1 aliphatic heterocycles. The molecular weight excluding hydrogens is 254 g/mol. The van der Waals surface area contributed by atoms with Crippen molar-refractivity contribution in [3.63, 3.8) is 0 Å². The van der Waals surface area contributed by atoms with Crippen molar-refractivity contribution in [1.29, 1.82) is 0 Å². The fraction of sp³-hybridized carbons (Fsp3) is 0.533. The van der Waals surface area contributed by atoms with Crippen LogP contribution in [0.15, 0.2) is 24.3 Å². The summed E-state index contributed by atoms with van der Waals surface area (Å²) in [4.78, 5) is 7.35. The van der Waals surface area contributed by atoms with Gasteiger partial charge >= 0.3 is 0 Å². The predicted molar refractivity (Wildman–Crippen MR) is 83.1 cm³/mol. The van der Waals surface area contributed by atoms with Crippen molar-refractivity contribution in [2.75, 3.05) is 25.0 Å². The minimum Gasteiger partial charge on any atom is -0.345 e. The summed E-state index contributed by atoms with van der Waals surface area (Å²) in [6, 6.07) is 9.10. The summed E-state index contributed by atoms with van der Waals surface area (Å²) in [6.07, 6.45) is 5.17. The van der Waals surface area contributed by atoms with Crippen LogP contribution in [0.5, 0.6) is 0 Å². The van der Waals surface area contributed by atoms with Crippen molar-refractivity contribution in [2.45, 2.75) is 31.7 Å². The first-order valence-corrected chi connectivity index (χ1v) is 7.97. The van der Waals surface area contributed by atoms with E-state index >= 15 is 0 Å². The minimum atomic E-state index is 0.654. The molecule has 102 valence electrons. The third-order valence-electron chi connectivity index (χ3n) is 3.88. The minimum absolute atomic E-state index is 0.654. The molecule has 1 unspecified atom stereocenters. The van der Waals surface area contributed by atoms with E-state index in [4.69, 9.17) is 4.98 Å². The molecule has 0 spiro atoms. The van der Waals surface area contributed by atoms with Crippen molar-refractivity contribution in [2.24, 2.45) is 0 Å². The maximum absolute atomic E-state index is 4.82. The van der Waals surface area contributed by atoms with Gasteiger partial charge in [0.05, 0.1) is 10.2 Å². The van der Waals surface area contributed by atoms with Crippen LogP contribution in [0.1, 0.15) is 25.7 Å². The van der Waals surface area contributed by atoms with E-state index in [2.05, 4.69) is 34.5 Å². The SMILES string of the molecule is CNCCC1CCCCN1c1nc2ccccc2s1. The number of para-hydroxylation sites is 1. The molecule has 0 amide bonds. The first-order valence-electron chi connectivity index (χ1n) is 7.15. The highest BCUT2D eigenvalue weighted by Gasteiger charge is 2.24. The van der Waals surface area contributed by atoms with E-state index in [0.29, 0.717) is 6.04 Å². The van der Waals surface area contributed by atoms with E-state index in [-0.39, 0.29) is 0 Å². The lowest BCUT2D eigenvalue weighted by atomic mass is 10.00. The Morgan fingerprint density at radius 3 is 3.11 bits per heavy atom. The van der Waals surface area contributed by atoms with Crippen LogP contribution in [-0.2, 0) is 0 Å². The smallest absolute Gasteiger partial charge is 0.186 e. The number of piperidine rings is 1. The number of rotatable bonds is 4. The molecule has 1 aliphatic rings. The molecule has 1 atom stereocenters. The molecular formula is C15H21N3S. The largest absolute Gasteiger partial charge is 0.345 e. The normalized spacial score (nSPS) is 20.1. The molecule has 3 nitrogen and oxygen atoms in total. The predicted octanol–water partition coefficient (Wildman–Crippen LogP) is 3.26. The number of thiazole rings is 1. The Hall–Kier alpha value is -1.13. The van der Waals surface area contributed by atoms with Crippen LogP contribution >= 0.6 is 11.3 Å². The highest BCUT2D eigenvalue weighted by Crippen LogP contribution is 2.33. The van der Waals surface area contributed by atoms with Gasteiger partial charge in [-0.25, -0.2) is 4.98 Å². The topological polar surface area (TPSA) is 28.2 Å². The Morgan fingerprint density at radius 2 is 2.26 bits per heavy atom. The van der Waals surface area contributed by atoms with Gasteiger partial charge in [0.1, 0.15) is 0 Å². The van der Waals surface area contributed by atoms with E-state index in [1.165, 1.54) is 35.5 Å². The van der Waals surface area contributed by atoms with Crippen molar-refractivity contribution in [1.82, 2.24) is 10.3 Å². The summed E-state index contributed by atoms with van der Waals surface area (Å²) in [5.74, 6) is 0. The molecule has 1 N–H and O–H groups in total. The zero-order valence-corrected chi connectivity index (χ0v) is 12.2. The summed E-state index contributed by atoms with van der Waals surface area (Å²) in [6.45, 7) is 2.25. The van der Waals surface area contributed by atoms with Gasteiger partial charge in [-0.15, -0.1) is 0 Å². The van der Waals surface area contributed by atoms with Crippen molar-refractivity contribution in [3.05, 3.63) is 24.3 Å². The van der Waals surface area contributed by atoms with E-state index in [1.54, 1.807) is 0 Å². The molecule has 1 fully saturated rings. The second-order valence-electron chi connectivity index (χ2n) is 5.20. The number of nitrogens with one attached hydrogen (secondary N) is 1. The number of anilines is 1. The first kappa shape index (κ1) is 12.9. The number of nitrogens with zero attached hydrogens (tertiary/aromatic N) is 2. The summed E-state index contributed by atoms with van der Waals surface area (Å²) in [5.41, 5.74) is 1.14. The van der Waals surface area contributed by atoms with Crippen LogP contribution in [0.4, 0.5) is 5.13 Å². The summed E-state index contributed by atoms with van der Waals surface area (Å²) in [7, 11) is 2.03. The Kier molecular flexibility index (Phi) is 3.99. The Morgan fingerprint density at radius 1 is 1.37 bits per heavy atom. The molecule has 0 bridgehead atoms. The van der Waals surface area contributed by atoms with Gasteiger partial charge < -0.3 is 10.2 Å². The van der Waals surface area contributed by atoms with Crippen LogP contribution in [0.3, 0.4) is 0 Å². The van der Waals surface area contributed by atoms with Gasteiger partial charge in [-0.05, 0) is 51.4 Å². The molecule has 0 aliphatic carbocycles. The number of hydrogen-bond donors (Lipinski definition) is 1. The number of benzene rings is 1. The van der Waals surface area contributed by atoms with Gasteiger partial charge in [-0.3, -0.25) is 0 Å². The molecule has 0 radical (unpaired) electrons. The second kappa shape index (κ2) is 5.88. The van der Waals surface area contributed by atoms with Crippen LogP contribution in [0, 0.1) is 0 Å². The molecule has 1 aromatic heterocycles. The second-order valence-corrected chi connectivity index (χ2v) is 6.21. The van der Waals surface area contributed by atoms with Crippen molar-refractivity contribution >= 4 is 26.7 Å². The van der Waals surface area contributed by atoms with Gasteiger partial charge in [-0.1, -0.05) is 23.5 Å². The fourth-order valence-electron chi connectivity index (χ4n) is 2.85. The van der Waals surface area contributed by atoms with Gasteiger partial charge in [0.15, 0.2) is 5.13 Å². The Bertz CT molecular complexity index is 504. The number of aromatic nitrogens is 1. The molecule has 2 aromatic rings. The molecule has 4 heteroatoms. The third-order valence-corrected chi connectivity index (χ3v) is 4.96. The van der Waals surface area contributed by atoms with E-state index in [9.17, 15) is 0 Å². The number of fused-ring (bicyclic) bond motifs is 1. The Labute approximate surface area is 118 Å². The quantitative estimate of drug-likeness (QED) is 0.928. The van der Waals surface area contributed by atoms with Gasteiger partial charge in [0, 0.05) is 12.6 Å². The first-order chi connectivity index (χ1) is 9.38. The van der Waals surface area contributed by atoms with Crippen LogP contribution in [0.2, 0.25) is 0 Å². The summed E-state index contributed by atoms with van der Waals surface area (Å²) < 4.78 is 1.30. The molecule has 1 aromatic carbocycles. The van der Waals surface area contributed by atoms with Gasteiger partial charge in [0.2, 0.25) is 0 Å². The zero-order chi connectivity index (χ0) is 13.1. The lowest BCUT2D eigenvalue weighted by Gasteiger charge is -2.35. The third kappa shape index (κ3) is 2.74. The van der Waals surface area contributed by atoms with Crippen molar-refractivity contribution < 1.29 is 0 Å². The maximum Gasteiger partial charge on any atom is 0.186 e. The molecule has 0 saturated carbocycles. The monoisotopic (exact) mass is 275 g/mol. The lowest BCUT2D eigenvalue weighted by Crippen LogP contribution is -2.41. The summed E-state index contributed by atoms with van der Waals surface area (Å²) >= 11 is 1.84. The van der Waals surface area contributed by atoms with Crippen LogP contribution in [0.25, 0.3) is 10.2 Å². The fourth-order valence-corrected chi connectivity index (χ4v) is 3.91. The van der Waals surface area contributed by atoms with Gasteiger partial charge in [-0.2, -0.15) is 0 Å². The molecule has 1 saturated heterocycles. The average Bonchev–Trinajstić information content (AvgIpc) is 2.89. The van der Waals surface area contributed by atoms with Gasteiger partial charge in [0.25, 0.3) is 0 Å². The molecule has 19 heavy (non-hydrogen) atoms.